The number of hydrogen-bond acceptors (Lipinski definition) is 0. The zero-order chi connectivity index (χ0) is 7.56. The SMILES string of the molecule is C#CC1=CC(C)[C@@H](C)C=C1. The van der Waals surface area contributed by atoms with Crippen molar-refractivity contribution in [1.82, 2.24) is 0 Å². The maximum atomic E-state index is 5.24. The summed E-state index contributed by atoms with van der Waals surface area (Å²) in [7, 11) is 0. The van der Waals surface area contributed by atoms with Gasteiger partial charge >= 0.3 is 0 Å². The summed E-state index contributed by atoms with van der Waals surface area (Å²) in [6.45, 7) is 4.39. The van der Waals surface area contributed by atoms with E-state index in [0.29, 0.717) is 11.8 Å². The first-order valence-corrected chi connectivity index (χ1v) is 3.60. The van der Waals surface area contributed by atoms with E-state index in [1.165, 1.54) is 0 Å². The van der Waals surface area contributed by atoms with E-state index in [1.807, 2.05) is 6.08 Å². The zero-order valence-electron chi connectivity index (χ0n) is 6.46. The summed E-state index contributed by atoms with van der Waals surface area (Å²) in [6, 6.07) is 0. The van der Waals surface area contributed by atoms with E-state index in [-0.39, 0.29) is 0 Å². The van der Waals surface area contributed by atoms with E-state index in [4.69, 9.17) is 6.42 Å². The molecule has 0 heteroatoms. The lowest BCUT2D eigenvalue weighted by Gasteiger charge is -2.16. The molecule has 1 rings (SSSR count). The summed E-state index contributed by atoms with van der Waals surface area (Å²) in [4.78, 5) is 0. The minimum atomic E-state index is 0.594. The second-order valence-corrected chi connectivity index (χ2v) is 2.84. The molecule has 0 N–H and O–H groups in total. The van der Waals surface area contributed by atoms with Crippen molar-refractivity contribution in [3.63, 3.8) is 0 Å². The molecule has 0 nitrogen and oxygen atoms in total. The lowest BCUT2D eigenvalue weighted by molar-refractivity contribution is 0.550. The van der Waals surface area contributed by atoms with Gasteiger partial charge < -0.3 is 0 Å². The van der Waals surface area contributed by atoms with Crippen molar-refractivity contribution < 1.29 is 0 Å². The minimum absolute atomic E-state index is 0.594. The lowest BCUT2D eigenvalue weighted by atomic mass is 9.89. The number of hydrogen-bond donors (Lipinski definition) is 0. The summed E-state index contributed by atoms with van der Waals surface area (Å²) >= 11 is 0. The van der Waals surface area contributed by atoms with E-state index in [9.17, 15) is 0 Å². The van der Waals surface area contributed by atoms with Gasteiger partial charge in [-0.2, -0.15) is 0 Å². The van der Waals surface area contributed by atoms with Gasteiger partial charge in [0.2, 0.25) is 0 Å². The van der Waals surface area contributed by atoms with Gasteiger partial charge in [-0.05, 0) is 11.8 Å². The predicted octanol–water partition coefficient (Wildman–Crippen LogP) is 2.39. The van der Waals surface area contributed by atoms with Crippen LogP contribution in [0.1, 0.15) is 13.8 Å². The zero-order valence-corrected chi connectivity index (χ0v) is 6.46. The highest BCUT2D eigenvalue weighted by molar-refractivity contribution is 5.39. The van der Waals surface area contributed by atoms with Gasteiger partial charge in [0, 0.05) is 5.57 Å². The molecule has 0 aromatic rings. The standard InChI is InChI=1S/C10H12/c1-4-10-6-5-8(2)9(3)7-10/h1,5-9H,2-3H3/t8-,9?/m0/s1. The lowest BCUT2D eigenvalue weighted by Crippen LogP contribution is -2.05. The third-order valence-electron chi connectivity index (χ3n) is 2.02. The van der Waals surface area contributed by atoms with Gasteiger partial charge in [0.15, 0.2) is 0 Å². The summed E-state index contributed by atoms with van der Waals surface area (Å²) in [5.74, 6) is 3.86. The van der Waals surface area contributed by atoms with Crippen molar-refractivity contribution in [3.05, 3.63) is 23.8 Å². The molecule has 0 saturated carbocycles. The minimum Gasteiger partial charge on any atom is -0.115 e. The largest absolute Gasteiger partial charge is 0.115 e. The molecule has 0 radical (unpaired) electrons. The Morgan fingerprint density at radius 3 is 2.60 bits per heavy atom. The Bertz CT molecular complexity index is 213. The van der Waals surface area contributed by atoms with Gasteiger partial charge in [-0.15, -0.1) is 6.42 Å². The molecule has 1 unspecified atom stereocenters. The first-order chi connectivity index (χ1) is 4.74. The fourth-order valence-electron chi connectivity index (χ4n) is 1.02. The summed E-state index contributed by atoms with van der Waals surface area (Å²) in [5.41, 5.74) is 1.02. The summed E-state index contributed by atoms with van der Waals surface area (Å²) < 4.78 is 0. The van der Waals surface area contributed by atoms with Crippen LogP contribution >= 0.6 is 0 Å². The van der Waals surface area contributed by atoms with Gasteiger partial charge in [-0.1, -0.05) is 38.0 Å². The molecule has 0 aromatic carbocycles. The van der Waals surface area contributed by atoms with Crippen molar-refractivity contribution in [1.29, 1.82) is 0 Å². The van der Waals surface area contributed by atoms with Crippen LogP contribution in [0.5, 0.6) is 0 Å². The van der Waals surface area contributed by atoms with Crippen LogP contribution in [-0.2, 0) is 0 Å². The molecule has 0 amide bonds. The molecule has 0 spiro atoms. The third kappa shape index (κ3) is 1.30. The Labute approximate surface area is 62.6 Å². The van der Waals surface area contributed by atoms with E-state index in [0.717, 1.165) is 5.57 Å². The molecule has 1 aliphatic rings. The van der Waals surface area contributed by atoms with Crippen molar-refractivity contribution >= 4 is 0 Å². The van der Waals surface area contributed by atoms with Gasteiger partial charge in [0.1, 0.15) is 0 Å². The normalized spacial score (nSPS) is 31.1. The molecular formula is C10H12. The highest BCUT2D eigenvalue weighted by Gasteiger charge is 2.09. The molecule has 0 aromatic heterocycles. The first-order valence-electron chi connectivity index (χ1n) is 3.60. The number of allylic oxidation sites excluding steroid dienone is 4. The highest BCUT2D eigenvalue weighted by atomic mass is 14.1. The van der Waals surface area contributed by atoms with Crippen LogP contribution in [0.4, 0.5) is 0 Å². The topological polar surface area (TPSA) is 0 Å². The average Bonchev–Trinajstić information content (AvgIpc) is 1.95. The molecule has 0 heterocycles. The molecule has 0 bridgehead atoms. The Morgan fingerprint density at radius 2 is 2.10 bits per heavy atom. The molecule has 0 saturated heterocycles. The molecule has 52 valence electrons. The van der Waals surface area contributed by atoms with E-state index in [1.54, 1.807) is 0 Å². The summed E-state index contributed by atoms with van der Waals surface area (Å²) in [6.07, 6.45) is 11.6. The molecule has 0 fully saturated rings. The first kappa shape index (κ1) is 7.15. The average molecular weight is 132 g/mol. The van der Waals surface area contributed by atoms with Gasteiger partial charge in [-0.3, -0.25) is 0 Å². The van der Waals surface area contributed by atoms with Crippen LogP contribution < -0.4 is 0 Å². The highest BCUT2D eigenvalue weighted by Crippen LogP contribution is 2.21. The molecule has 2 atom stereocenters. The number of terminal acetylenes is 1. The van der Waals surface area contributed by atoms with Crippen LogP contribution in [-0.4, -0.2) is 0 Å². The van der Waals surface area contributed by atoms with Crippen LogP contribution in [0, 0.1) is 24.2 Å². The van der Waals surface area contributed by atoms with Crippen molar-refractivity contribution in [2.75, 3.05) is 0 Å². The van der Waals surface area contributed by atoms with E-state index < -0.39 is 0 Å². The number of rotatable bonds is 0. The third-order valence-corrected chi connectivity index (χ3v) is 2.02. The van der Waals surface area contributed by atoms with Gasteiger partial charge in [-0.25, -0.2) is 0 Å². The van der Waals surface area contributed by atoms with Crippen molar-refractivity contribution in [2.45, 2.75) is 13.8 Å². The Morgan fingerprint density at radius 1 is 1.40 bits per heavy atom. The smallest absolute Gasteiger partial charge is 0.0202 e. The Hall–Kier alpha value is -0.960. The van der Waals surface area contributed by atoms with Crippen LogP contribution in [0.15, 0.2) is 23.8 Å². The second-order valence-electron chi connectivity index (χ2n) is 2.84. The van der Waals surface area contributed by atoms with Gasteiger partial charge in [0.05, 0.1) is 0 Å². The molecular weight excluding hydrogens is 120 g/mol. The monoisotopic (exact) mass is 132 g/mol. The Kier molecular flexibility index (Phi) is 1.97. The van der Waals surface area contributed by atoms with Crippen LogP contribution in [0.3, 0.4) is 0 Å². The fraction of sp³-hybridized carbons (Fsp3) is 0.400. The van der Waals surface area contributed by atoms with E-state index >= 15 is 0 Å². The van der Waals surface area contributed by atoms with Crippen molar-refractivity contribution in [3.8, 4) is 12.3 Å². The predicted molar refractivity (Wildman–Crippen MR) is 44.4 cm³/mol. The summed E-state index contributed by atoms with van der Waals surface area (Å²) in [5, 5.41) is 0. The second kappa shape index (κ2) is 2.75. The maximum Gasteiger partial charge on any atom is 0.0202 e. The Balaban J connectivity index is 2.78. The van der Waals surface area contributed by atoms with Gasteiger partial charge in [0.25, 0.3) is 0 Å². The maximum absolute atomic E-state index is 5.24. The molecule has 0 aliphatic heterocycles. The van der Waals surface area contributed by atoms with Crippen LogP contribution in [0.2, 0.25) is 0 Å². The molecule has 10 heavy (non-hydrogen) atoms. The van der Waals surface area contributed by atoms with Crippen molar-refractivity contribution in [2.24, 2.45) is 11.8 Å². The van der Waals surface area contributed by atoms with Crippen LogP contribution in [0.25, 0.3) is 0 Å². The fourth-order valence-corrected chi connectivity index (χ4v) is 1.02. The quantitative estimate of drug-likeness (QED) is 0.444. The molecule has 1 aliphatic carbocycles. The van der Waals surface area contributed by atoms with E-state index in [2.05, 4.69) is 31.9 Å².